The molecule has 0 radical (unpaired) electrons. The number of halogens is 1. The van der Waals surface area contributed by atoms with E-state index in [-0.39, 0.29) is 11.6 Å². The van der Waals surface area contributed by atoms with E-state index in [4.69, 9.17) is 4.74 Å². The highest BCUT2D eigenvalue weighted by atomic mass is 19.1. The maximum absolute atomic E-state index is 13.5. The number of para-hydroxylation sites is 1. The third kappa shape index (κ3) is 3.46. The van der Waals surface area contributed by atoms with Crippen molar-refractivity contribution in [3.8, 4) is 0 Å². The molecule has 0 aromatic heterocycles. The standard InChI is InChI=1S/C13H16FN3O4/c1-9(13(18)16-5-7-21-8-6-16)15-11-4-2-3-10(14)12(11)17(19)20/h2-4,9,15H,5-8H2,1H3. The fourth-order valence-electron chi connectivity index (χ4n) is 2.17. The highest BCUT2D eigenvalue weighted by Gasteiger charge is 2.26. The Labute approximate surface area is 120 Å². The molecular weight excluding hydrogens is 281 g/mol. The second-order valence-electron chi connectivity index (χ2n) is 4.70. The highest BCUT2D eigenvalue weighted by Crippen LogP contribution is 2.27. The van der Waals surface area contributed by atoms with Gasteiger partial charge in [0.25, 0.3) is 0 Å². The molecule has 1 saturated heterocycles. The molecule has 1 unspecified atom stereocenters. The van der Waals surface area contributed by atoms with Crippen molar-refractivity contribution in [2.75, 3.05) is 31.6 Å². The van der Waals surface area contributed by atoms with E-state index in [0.717, 1.165) is 6.07 Å². The molecule has 7 nitrogen and oxygen atoms in total. The summed E-state index contributed by atoms with van der Waals surface area (Å²) in [4.78, 5) is 23.9. The molecule has 1 heterocycles. The Kier molecular flexibility index (Phi) is 4.69. The molecule has 1 aromatic carbocycles. The maximum Gasteiger partial charge on any atom is 0.327 e. The molecule has 0 saturated carbocycles. The third-order valence-corrected chi connectivity index (χ3v) is 3.23. The van der Waals surface area contributed by atoms with Crippen LogP contribution in [0.25, 0.3) is 0 Å². The predicted octanol–water partition coefficient (Wildman–Crippen LogP) is 1.39. The number of anilines is 1. The minimum atomic E-state index is -0.934. The molecule has 1 atom stereocenters. The second kappa shape index (κ2) is 6.49. The molecular formula is C13H16FN3O4. The molecule has 21 heavy (non-hydrogen) atoms. The zero-order valence-electron chi connectivity index (χ0n) is 11.5. The Balaban J connectivity index is 2.12. The number of nitro groups is 1. The van der Waals surface area contributed by atoms with Crippen molar-refractivity contribution in [2.45, 2.75) is 13.0 Å². The molecule has 1 N–H and O–H groups in total. The van der Waals surface area contributed by atoms with Crippen molar-refractivity contribution in [1.82, 2.24) is 4.90 Å². The van der Waals surface area contributed by atoms with Gasteiger partial charge in [-0.05, 0) is 19.1 Å². The number of carbonyl (C=O) groups is 1. The number of nitro benzene ring substituents is 1. The number of nitrogens with one attached hydrogen (secondary N) is 1. The van der Waals surface area contributed by atoms with Crippen LogP contribution in [0.15, 0.2) is 18.2 Å². The van der Waals surface area contributed by atoms with E-state index in [9.17, 15) is 19.3 Å². The number of rotatable bonds is 4. The number of nitrogens with zero attached hydrogens (tertiary/aromatic N) is 2. The first-order valence-corrected chi connectivity index (χ1v) is 6.56. The minimum Gasteiger partial charge on any atom is -0.378 e. The van der Waals surface area contributed by atoms with E-state index in [1.165, 1.54) is 12.1 Å². The van der Waals surface area contributed by atoms with Gasteiger partial charge in [-0.1, -0.05) is 6.07 Å². The largest absolute Gasteiger partial charge is 0.378 e. The van der Waals surface area contributed by atoms with Crippen molar-refractivity contribution < 1.29 is 18.8 Å². The Morgan fingerprint density at radius 3 is 2.76 bits per heavy atom. The van der Waals surface area contributed by atoms with Crippen LogP contribution in [0.3, 0.4) is 0 Å². The van der Waals surface area contributed by atoms with Crippen LogP contribution in [-0.4, -0.2) is 48.1 Å². The quantitative estimate of drug-likeness (QED) is 0.670. The number of morpholine rings is 1. The van der Waals surface area contributed by atoms with Gasteiger partial charge in [0.15, 0.2) is 0 Å². The molecule has 0 spiro atoms. The summed E-state index contributed by atoms with van der Waals surface area (Å²) in [6, 6.07) is 3.06. The van der Waals surface area contributed by atoms with Crippen LogP contribution in [0.5, 0.6) is 0 Å². The molecule has 1 fully saturated rings. The van der Waals surface area contributed by atoms with Crippen molar-refractivity contribution >= 4 is 17.3 Å². The summed E-state index contributed by atoms with van der Waals surface area (Å²) in [6.45, 7) is 3.50. The Hall–Kier alpha value is -2.22. The van der Waals surface area contributed by atoms with E-state index in [2.05, 4.69) is 5.32 Å². The molecule has 8 heteroatoms. The molecule has 1 aliphatic rings. The summed E-state index contributed by atoms with van der Waals surface area (Å²) in [5.74, 6) is -1.13. The van der Waals surface area contributed by atoms with E-state index >= 15 is 0 Å². The van der Waals surface area contributed by atoms with E-state index in [0.29, 0.717) is 26.3 Å². The van der Waals surface area contributed by atoms with E-state index in [1.807, 2.05) is 0 Å². The summed E-state index contributed by atoms with van der Waals surface area (Å²) in [6.07, 6.45) is 0. The molecule has 114 valence electrons. The lowest BCUT2D eigenvalue weighted by molar-refractivity contribution is -0.386. The molecule has 1 aliphatic heterocycles. The van der Waals surface area contributed by atoms with Crippen LogP contribution in [-0.2, 0) is 9.53 Å². The van der Waals surface area contributed by atoms with Gasteiger partial charge in [-0.15, -0.1) is 0 Å². The SMILES string of the molecule is CC(Nc1cccc(F)c1[N+](=O)[O-])C(=O)N1CCOCC1. The zero-order chi connectivity index (χ0) is 15.4. The van der Waals surface area contributed by atoms with E-state index in [1.54, 1.807) is 11.8 Å². The maximum atomic E-state index is 13.5. The van der Waals surface area contributed by atoms with Gasteiger partial charge in [-0.2, -0.15) is 4.39 Å². The van der Waals surface area contributed by atoms with Crippen LogP contribution < -0.4 is 5.32 Å². The fraction of sp³-hybridized carbons (Fsp3) is 0.462. The van der Waals surface area contributed by atoms with Crippen LogP contribution in [0.4, 0.5) is 15.8 Å². The van der Waals surface area contributed by atoms with E-state index < -0.39 is 22.5 Å². The summed E-state index contributed by atoms with van der Waals surface area (Å²) in [7, 11) is 0. The Bertz CT molecular complexity index is 546. The summed E-state index contributed by atoms with van der Waals surface area (Å²) >= 11 is 0. The number of amides is 1. The average molecular weight is 297 g/mol. The van der Waals surface area contributed by atoms with Crippen molar-refractivity contribution in [2.24, 2.45) is 0 Å². The molecule has 2 rings (SSSR count). The minimum absolute atomic E-state index is 0.00545. The Morgan fingerprint density at radius 2 is 2.14 bits per heavy atom. The lowest BCUT2D eigenvalue weighted by atomic mass is 10.2. The van der Waals surface area contributed by atoms with Crippen molar-refractivity contribution in [1.29, 1.82) is 0 Å². The summed E-state index contributed by atoms with van der Waals surface area (Å²) < 4.78 is 18.7. The van der Waals surface area contributed by atoms with Gasteiger partial charge < -0.3 is 15.0 Å². The predicted molar refractivity (Wildman–Crippen MR) is 73.5 cm³/mol. The first-order chi connectivity index (χ1) is 10.0. The fourth-order valence-corrected chi connectivity index (χ4v) is 2.17. The summed E-state index contributed by atoms with van der Waals surface area (Å²) in [5, 5.41) is 13.6. The zero-order valence-corrected chi connectivity index (χ0v) is 11.5. The van der Waals surface area contributed by atoms with Crippen LogP contribution in [0, 0.1) is 15.9 Å². The van der Waals surface area contributed by atoms with Crippen LogP contribution >= 0.6 is 0 Å². The lowest BCUT2D eigenvalue weighted by Crippen LogP contribution is -2.47. The monoisotopic (exact) mass is 297 g/mol. The number of hydrogen-bond acceptors (Lipinski definition) is 5. The van der Waals surface area contributed by atoms with Gasteiger partial charge in [0.2, 0.25) is 11.7 Å². The average Bonchev–Trinajstić information content (AvgIpc) is 2.47. The second-order valence-corrected chi connectivity index (χ2v) is 4.70. The normalized spacial score (nSPS) is 16.4. The first-order valence-electron chi connectivity index (χ1n) is 6.56. The highest BCUT2D eigenvalue weighted by molar-refractivity contribution is 5.85. The van der Waals surface area contributed by atoms with Crippen molar-refractivity contribution in [3.63, 3.8) is 0 Å². The summed E-state index contributed by atoms with van der Waals surface area (Å²) in [5.41, 5.74) is -0.659. The van der Waals surface area contributed by atoms with Gasteiger partial charge in [-0.25, -0.2) is 0 Å². The van der Waals surface area contributed by atoms with Gasteiger partial charge in [0.1, 0.15) is 11.7 Å². The number of carbonyl (C=O) groups excluding carboxylic acids is 1. The van der Waals surface area contributed by atoms with Crippen LogP contribution in [0.2, 0.25) is 0 Å². The number of hydrogen-bond donors (Lipinski definition) is 1. The van der Waals surface area contributed by atoms with Crippen LogP contribution in [0.1, 0.15) is 6.92 Å². The number of benzene rings is 1. The van der Waals surface area contributed by atoms with Gasteiger partial charge in [0, 0.05) is 13.1 Å². The number of ether oxygens (including phenoxy) is 1. The smallest absolute Gasteiger partial charge is 0.327 e. The first kappa shape index (κ1) is 15.2. The van der Waals surface area contributed by atoms with Crippen molar-refractivity contribution in [3.05, 3.63) is 34.1 Å². The third-order valence-electron chi connectivity index (χ3n) is 3.23. The lowest BCUT2D eigenvalue weighted by Gasteiger charge is -2.29. The molecule has 0 aliphatic carbocycles. The Morgan fingerprint density at radius 1 is 1.48 bits per heavy atom. The van der Waals surface area contributed by atoms with Gasteiger partial charge in [0.05, 0.1) is 18.1 Å². The molecule has 0 bridgehead atoms. The van der Waals surface area contributed by atoms with Gasteiger partial charge >= 0.3 is 5.69 Å². The topological polar surface area (TPSA) is 84.7 Å². The van der Waals surface area contributed by atoms with Gasteiger partial charge in [-0.3, -0.25) is 14.9 Å². The molecule has 1 aromatic rings. The molecule has 1 amide bonds.